The molecule has 0 aromatic heterocycles. The average molecular weight is 369 g/mol. The van der Waals surface area contributed by atoms with Gasteiger partial charge in [-0.1, -0.05) is 30.3 Å². The maximum atomic E-state index is 12.8. The predicted molar refractivity (Wildman–Crippen MR) is 110 cm³/mol. The standard InChI is InChI=1S/C22H28N2OS/c1-23(16-14-18-7-4-3-5-8-18)20-9-6-15-24(17-20)22(25)19-10-12-21(26-2)13-11-19/h3-5,7-8,10-13,20H,6,9,14-17H2,1-2H3/t20-/m1/s1. The zero-order valence-corrected chi connectivity index (χ0v) is 16.5. The molecule has 0 bridgehead atoms. The number of hydrogen-bond acceptors (Lipinski definition) is 3. The van der Waals surface area contributed by atoms with Crippen LogP contribution in [0.4, 0.5) is 0 Å². The zero-order valence-electron chi connectivity index (χ0n) is 15.7. The molecule has 4 heteroatoms. The van der Waals surface area contributed by atoms with E-state index < -0.39 is 0 Å². The molecule has 2 aromatic rings. The van der Waals surface area contributed by atoms with Crippen LogP contribution < -0.4 is 0 Å². The second kappa shape index (κ2) is 9.24. The summed E-state index contributed by atoms with van der Waals surface area (Å²) in [6.07, 6.45) is 5.35. The first-order valence-electron chi connectivity index (χ1n) is 9.35. The lowest BCUT2D eigenvalue weighted by Crippen LogP contribution is -2.49. The van der Waals surface area contributed by atoms with Crippen LogP contribution in [0.1, 0.15) is 28.8 Å². The molecule has 1 aliphatic heterocycles. The highest BCUT2D eigenvalue weighted by Gasteiger charge is 2.26. The summed E-state index contributed by atoms with van der Waals surface area (Å²) in [6.45, 7) is 2.72. The van der Waals surface area contributed by atoms with Gasteiger partial charge in [0.05, 0.1) is 0 Å². The third kappa shape index (κ3) is 4.89. The molecule has 1 atom stereocenters. The van der Waals surface area contributed by atoms with Crippen LogP contribution in [0.15, 0.2) is 59.5 Å². The Labute approximate surface area is 161 Å². The summed E-state index contributed by atoms with van der Waals surface area (Å²) in [7, 11) is 2.19. The first-order chi connectivity index (χ1) is 12.7. The minimum atomic E-state index is 0.166. The number of benzene rings is 2. The van der Waals surface area contributed by atoms with Gasteiger partial charge in [0.2, 0.25) is 0 Å². The fourth-order valence-corrected chi connectivity index (χ4v) is 3.96. The quantitative estimate of drug-likeness (QED) is 0.715. The Morgan fingerprint density at radius 2 is 1.88 bits per heavy atom. The number of likely N-dealkylation sites (tertiary alicyclic amines) is 1. The Morgan fingerprint density at radius 1 is 1.15 bits per heavy atom. The van der Waals surface area contributed by atoms with Gasteiger partial charge in [-0.2, -0.15) is 0 Å². The smallest absolute Gasteiger partial charge is 0.253 e. The number of thioether (sulfide) groups is 1. The van der Waals surface area contributed by atoms with E-state index in [4.69, 9.17) is 0 Å². The van der Waals surface area contributed by atoms with Crippen LogP contribution in [0, 0.1) is 0 Å². The topological polar surface area (TPSA) is 23.6 Å². The fraction of sp³-hybridized carbons (Fsp3) is 0.409. The summed E-state index contributed by atoms with van der Waals surface area (Å²) in [5.74, 6) is 0.166. The number of piperidine rings is 1. The SMILES string of the molecule is CSc1ccc(C(=O)N2CCC[C@@H](N(C)CCc3ccccc3)C2)cc1. The summed E-state index contributed by atoms with van der Waals surface area (Å²) in [5.41, 5.74) is 2.17. The number of carbonyl (C=O) groups is 1. The van der Waals surface area contributed by atoms with E-state index >= 15 is 0 Å². The highest BCUT2D eigenvalue weighted by molar-refractivity contribution is 7.98. The average Bonchev–Trinajstić information content (AvgIpc) is 2.72. The molecule has 138 valence electrons. The van der Waals surface area contributed by atoms with Crippen molar-refractivity contribution in [3.63, 3.8) is 0 Å². The maximum Gasteiger partial charge on any atom is 0.253 e. The molecular formula is C22H28N2OS. The highest BCUT2D eigenvalue weighted by Crippen LogP contribution is 2.20. The van der Waals surface area contributed by atoms with Crippen molar-refractivity contribution in [2.24, 2.45) is 0 Å². The lowest BCUT2D eigenvalue weighted by Gasteiger charge is -2.37. The summed E-state index contributed by atoms with van der Waals surface area (Å²) in [6, 6.07) is 19.0. The summed E-state index contributed by atoms with van der Waals surface area (Å²) in [4.78, 5) is 18.5. The van der Waals surface area contributed by atoms with E-state index in [0.717, 1.165) is 38.0 Å². The molecule has 0 aliphatic carbocycles. The van der Waals surface area contributed by atoms with Crippen molar-refractivity contribution >= 4 is 17.7 Å². The van der Waals surface area contributed by atoms with Crippen LogP contribution in [0.5, 0.6) is 0 Å². The van der Waals surface area contributed by atoms with Gasteiger partial charge in [0.1, 0.15) is 0 Å². The summed E-state index contributed by atoms with van der Waals surface area (Å²) < 4.78 is 0. The molecule has 3 nitrogen and oxygen atoms in total. The highest BCUT2D eigenvalue weighted by atomic mass is 32.2. The number of nitrogens with zero attached hydrogens (tertiary/aromatic N) is 2. The normalized spacial score (nSPS) is 17.5. The van der Waals surface area contributed by atoms with E-state index in [0.29, 0.717) is 6.04 Å². The van der Waals surface area contributed by atoms with Gasteiger partial charge in [-0.25, -0.2) is 0 Å². The second-order valence-corrected chi connectivity index (χ2v) is 7.87. The largest absolute Gasteiger partial charge is 0.337 e. The third-order valence-electron chi connectivity index (χ3n) is 5.24. The molecule has 1 aliphatic rings. The van der Waals surface area contributed by atoms with Gasteiger partial charge in [-0.15, -0.1) is 11.8 Å². The molecular weight excluding hydrogens is 340 g/mol. The van der Waals surface area contributed by atoms with Gasteiger partial charge in [0, 0.05) is 36.1 Å². The first-order valence-corrected chi connectivity index (χ1v) is 10.6. The number of likely N-dealkylation sites (N-methyl/N-ethyl adjacent to an activating group) is 1. The van der Waals surface area contributed by atoms with Crippen molar-refractivity contribution in [1.29, 1.82) is 0 Å². The van der Waals surface area contributed by atoms with Crippen molar-refractivity contribution < 1.29 is 4.79 Å². The Morgan fingerprint density at radius 3 is 2.58 bits per heavy atom. The van der Waals surface area contributed by atoms with E-state index in [1.165, 1.54) is 16.9 Å². The minimum absolute atomic E-state index is 0.166. The van der Waals surface area contributed by atoms with E-state index in [2.05, 4.69) is 48.5 Å². The number of carbonyl (C=O) groups excluding carboxylic acids is 1. The van der Waals surface area contributed by atoms with Gasteiger partial charge in [0.25, 0.3) is 5.91 Å². The molecule has 2 aromatic carbocycles. The fourth-order valence-electron chi connectivity index (χ4n) is 3.55. The van der Waals surface area contributed by atoms with E-state index in [9.17, 15) is 4.79 Å². The van der Waals surface area contributed by atoms with Crippen molar-refractivity contribution in [2.75, 3.05) is 32.9 Å². The molecule has 1 fully saturated rings. The van der Waals surface area contributed by atoms with E-state index in [1.807, 2.05) is 29.2 Å². The van der Waals surface area contributed by atoms with Crippen LogP contribution >= 0.6 is 11.8 Å². The first kappa shape index (κ1) is 19.0. The van der Waals surface area contributed by atoms with Crippen LogP contribution in [0.3, 0.4) is 0 Å². The minimum Gasteiger partial charge on any atom is -0.337 e. The van der Waals surface area contributed by atoms with E-state index in [1.54, 1.807) is 11.8 Å². The Balaban J connectivity index is 1.56. The number of amides is 1. The predicted octanol–water partition coefficient (Wildman–Crippen LogP) is 4.19. The number of hydrogen-bond donors (Lipinski definition) is 0. The van der Waals surface area contributed by atoms with Crippen LogP contribution in [-0.4, -0.2) is 54.7 Å². The summed E-state index contributed by atoms with van der Waals surface area (Å²) >= 11 is 1.70. The van der Waals surface area contributed by atoms with Crippen LogP contribution in [-0.2, 0) is 6.42 Å². The van der Waals surface area contributed by atoms with Gasteiger partial charge in [-0.05, 0) is 62.4 Å². The molecule has 0 saturated carbocycles. The van der Waals surface area contributed by atoms with Crippen molar-refractivity contribution in [1.82, 2.24) is 9.80 Å². The monoisotopic (exact) mass is 368 g/mol. The Hall–Kier alpha value is -1.78. The molecule has 1 heterocycles. The Bertz CT molecular complexity index is 702. The lowest BCUT2D eigenvalue weighted by atomic mass is 10.0. The second-order valence-electron chi connectivity index (χ2n) is 6.99. The maximum absolute atomic E-state index is 12.8. The molecule has 1 saturated heterocycles. The Kier molecular flexibility index (Phi) is 6.75. The molecule has 0 unspecified atom stereocenters. The van der Waals surface area contributed by atoms with Gasteiger partial charge < -0.3 is 9.80 Å². The molecule has 0 radical (unpaired) electrons. The lowest BCUT2D eigenvalue weighted by molar-refractivity contribution is 0.0611. The van der Waals surface area contributed by atoms with Crippen molar-refractivity contribution in [3.8, 4) is 0 Å². The van der Waals surface area contributed by atoms with Gasteiger partial charge >= 0.3 is 0 Å². The molecule has 3 rings (SSSR count). The molecule has 0 N–H and O–H groups in total. The van der Waals surface area contributed by atoms with Crippen LogP contribution in [0.2, 0.25) is 0 Å². The molecule has 26 heavy (non-hydrogen) atoms. The third-order valence-corrected chi connectivity index (χ3v) is 5.98. The van der Waals surface area contributed by atoms with Crippen molar-refractivity contribution in [3.05, 3.63) is 65.7 Å². The van der Waals surface area contributed by atoms with Gasteiger partial charge in [-0.3, -0.25) is 4.79 Å². The van der Waals surface area contributed by atoms with Gasteiger partial charge in [0.15, 0.2) is 0 Å². The van der Waals surface area contributed by atoms with Crippen LogP contribution in [0.25, 0.3) is 0 Å². The molecule has 1 amide bonds. The zero-order chi connectivity index (χ0) is 18.4. The van der Waals surface area contributed by atoms with E-state index in [-0.39, 0.29) is 5.91 Å². The number of rotatable bonds is 6. The summed E-state index contributed by atoms with van der Waals surface area (Å²) in [5, 5.41) is 0. The van der Waals surface area contributed by atoms with Crippen molar-refractivity contribution in [2.45, 2.75) is 30.2 Å². The molecule has 0 spiro atoms.